The molecule has 1 unspecified atom stereocenters. The van der Waals surface area contributed by atoms with Crippen molar-refractivity contribution < 1.29 is 9.32 Å². The Kier molecular flexibility index (Phi) is 8.03. The number of carbonyl (C=O) groups excluding carboxylic acids is 1. The van der Waals surface area contributed by atoms with E-state index in [2.05, 4.69) is 20.9 Å². The van der Waals surface area contributed by atoms with Gasteiger partial charge in [-0.2, -0.15) is 0 Å². The van der Waals surface area contributed by atoms with E-state index < -0.39 is 5.91 Å². The Morgan fingerprint density at radius 2 is 1.92 bits per heavy atom. The van der Waals surface area contributed by atoms with E-state index in [1.807, 2.05) is 63.2 Å². The van der Waals surface area contributed by atoms with Gasteiger partial charge in [0.15, 0.2) is 5.15 Å². The summed E-state index contributed by atoms with van der Waals surface area (Å²) in [6.45, 7) is 6.31. The Morgan fingerprint density at radius 1 is 1.19 bits per heavy atom. The number of imidazole rings is 1. The second-order valence-corrected chi connectivity index (χ2v) is 9.78. The summed E-state index contributed by atoms with van der Waals surface area (Å²) >= 11 is 7.73. The van der Waals surface area contributed by atoms with Gasteiger partial charge in [0.2, 0.25) is 5.88 Å². The molecular formula is C26H29ClN6O2S. The first-order chi connectivity index (χ1) is 17.3. The van der Waals surface area contributed by atoms with Gasteiger partial charge in [-0.15, -0.1) is 0 Å². The van der Waals surface area contributed by atoms with E-state index in [0.29, 0.717) is 18.3 Å². The maximum atomic E-state index is 12.1. The summed E-state index contributed by atoms with van der Waals surface area (Å²) in [4.78, 5) is 17.5. The van der Waals surface area contributed by atoms with Crippen LogP contribution < -0.4 is 16.2 Å². The zero-order valence-corrected chi connectivity index (χ0v) is 22.0. The van der Waals surface area contributed by atoms with E-state index in [0.717, 1.165) is 45.7 Å². The van der Waals surface area contributed by atoms with E-state index in [1.165, 1.54) is 11.9 Å². The number of carbonyl (C=O) groups is 1. The third-order valence-corrected chi connectivity index (χ3v) is 7.15. The molecular weight excluding hydrogens is 496 g/mol. The molecule has 1 amide bonds. The molecule has 2 aromatic heterocycles. The topological polar surface area (TPSA) is 125 Å². The van der Waals surface area contributed by atoms with Crippen molar-refractivity contribution in [2.75, 3.05) is 4.72 Å². The highest BCUT2D eigenvalue weighted by atomic mass is 35.5. The number of hydrogen-bond acceptors (Lipinski definition) is 7. The minimum Gasteiger partial charge on any atom is -0.364 e. The lowest BCUT2D eigenvalue weighted by Gasteiger charge is -2.15. The molecule has 4 rings (SSSR count). The minimum absolute atomic E-state index is 0.0799. The van der Waals surface area contributed by atoms with Crippen LogP contribution >= 0.6 is 23.5 Å². The lowest BCUT2D eigenvalue weighted by atomic mass is 10.0. The molecule has 0 aliphatic carbocycles. The van der Waals surface area contributed by atoms with Crippen LogP contribution in [0.4, 0.5) is 5.88 Å². The second kappa shape index (κ2) is 11.2. The fraction of sp³-hybridized carbons (Fsp3) is 0.269. The molecule has 0 aliphatic heterocycles. The largest absolute Gasteiger partial charge is 0.364 e. The monoisotopic (exact) mass is 524 g/mol. The number of nitrogens with two attached hydrogens (primary N) is 2. The van der Waals surface area contributed by atoms with Crippen LogP contribution in [0.25, 0.3) is 11.1 Å². The molecule has 0 spiro atoms. The predicted molar refractivity (Wildman–Crippen MR) is 144 cm³/mol. The van der Waals surface area contributed by atoms with Crippen molar-refractivity contribution in [1.29, 1.82) is 0 Å². The molecule has 36 heavy (non-hydrogen) atoms. The van der Waals surface area contributed by atoms with Crippen LogP contribution in [-0.2, 0) is 6.54 Å². The summed E-state index contributed by atoms with van der Waals surface area (Å²) in [5.74, 6) is 0.573. The third kappa shape index (κ3) is 5.43. The van der Waals surface area contributed by atoms with Crippen molar-refractivity contribution >= 4 is 35.3 Å². The number of aryl methyl sites for hydroxylation is 1. The van der Waals surface area contributed by atoms with Crippen LogP contribution in [0.5, 0.6) is 0 Å². The summed E-state index contributed by atoms with van der Waals surface area (Å²) in [5.41, 5.74) is 17.1. The van der Waals surface area contributed by atoms with Crippen LogP contribution in [0.3, 0.4) is 0 Å². The first-order valence-corrected chi connectivity index (χ1v) is 12.8. The molecule has 0 saturated carbocycles. The fourth-order valence-electron chi connectivity index (χ4n) is 3.94. The van der Waals surface area contributed by atoms with Crippen molar-refractivity contribution in [3.05, 3.63) is 82.0 Å². The van der Waals surface area contributed by atoms with Gasteiger partial charge < -0.3 is 20.6 Å². The number of aromatic nitrogens is 3. The van der Waals surface area contributed by atoms with E-state index in [1.54, 1.807) is 4.57 Å². The molecule has 8 nitrogen and oxygen atoms in total. The van der Waals surface area contributed by atoms with Crippen molar-refractivity contribution in [2.45, 2.75) is 51.1 Å². The van der Waals surface area contributed by atoms with Gasteiger partial charge in [0.1, 0.15) is 11.5 Å². The van der Waals surface area contributed by atoms with Crippen molar-refractivity contribution in [3.63, 3.8) is 0 Å². The molecule has 0 saturated heterocycles. The molecule has 0 bridgehead atoms. The van der Waals surface area contributed by atoms with E-state index >= 15 is 0 Å². The zero-order chi connectivity index (χ0) is 25.8. The van der Waals surface area contributed by atoms with Crippen LogP contribution in [0.1, 0.15) is 58.9 Å². The molecule has 2 heterocycles. The van der Waals surface area contributed by atoms with Gasteiger partial charge >= 0.3 is 0 Å². The second-order valence-electron chi connectivity index (χ2n) is 8.57. The summed E-state index contributed by atoms with van der Waals surface area (Å²) in [7, 11) is 0. The molecule has 0 radical (unpaired) electrons. The van der Waals surface area contributed by atoms with Crippen molar-refractivity contribution in [1.82, 2.24) is 14.7 Å². The average molecular weight is 525 g/mol. The SMILES string of the molecule is CCCC(N)c1nc(Cl)c(C(N)=O)n1Cc1ccc(-c2ccccc2SNc2onc(C)c2C)cc1. The molecule has 1 atom stereocenters. The van der Waals surface area contributed by atoms with Crippen LogP contribution in [0.2, 0.25) is 5.15 Å². The Bertz CT molecular complexity index is 1370. The van der Waals surface area contributed by atoms with Crippen LogP contribution in [-0.4, -0.2) is 20.6 Å². The smallest absolute Gasteiger partial charge is 0.268 e. The van der Waals surface area contributed by atoms with Gasteiger partial charge in [0.05, 0.1) is 11.7 Å². The van der Waals surface area contributed by atoms with E-state index in [9.17, 15) is 4.79 Å². The zero-order valence-electron chi connectivity index (χ0n) is 20.4. The summed E-state index contributed by atoms with van der Waals surface area (Å²) in [6.07, 6.45) is 1.61. The molecule has 5 N–H and O–H groups in total. The standard InChI is InChI=1S/C26H29ClN6O2S/c1-4-7-20(28)25-30-23(27)22(24(29)34)33(25)14-17-10-12-18(13-11-17)19-8-5-6-9-21(19)36-32-26-15(2)16(3)31-35-26/h5-6,8-13,20,32H,4,7,14,28H2,1-3H3,(H2,29,34). The highest BCUT2D eigenvalue weighted by molar-refractivity contribution is 8.00. The summed E-state index contributed by atoms with van der Waals surface area (Å²) in [5, 5.41) is 4.08. The number of hydrogen-bond donors (Lipinski definition) is 3. The quantitative estimate of drug-likeness (QED) is 0.221. The molecule has 0 fully saturated rings. The Morgan fingerprint density at radius 3 is 2.56 bits per heavy atom. The number of anilines is 1. The first-order valence-electron chi connectivity index (χ1n) is 11.7. The molecule has 10 heteroatoms. The van der Waals surface area contributed by atoms with Gasteiger partial charge in [-0.1, -0.05) is 72.6 Å². The van der Waals surface area contributed by atoms with Gasteiger partial charge in [-0.25, -0.2) is 4.98 Å². The van der Waals surface area contributed by atoms with Crippen molar-refractivity contribution in [2.24, 2.45) is 11.5 Å². The van der Waals surface area contributed by atoms with Crippen LogP contribution in [0.15, 0.2) is 57.9 Å². The van der Waals surface area contributed by atoms with Gasteiger partial charge in [-0.3, -0.25) is 9.52 Å². The number of nitrogens with zero attached hydrogens (tertiary/aromatic N) is 3. The predicted octanol–water partition coefficient (Wildman–Crippen LogP) is 5.87. The van der Waals surface area contributed by atoms with Gasteiger partial charge in [-0.05, 0) is 55.0 Å². The Balaban J connectivity index is 1.58. The highest BCUT2D eigenvalue weighted by Gasteiger charge is 2.23. The lowest BCUT2D eigenvalue weighted by molar-refractivity contribution is 0.0991. The first kappa shape index (κ1) is 25.8. The normalized spacial score (nSPS) is 12.0. The summed E-state index contributed by atoms with van der Waals surface area (Å²) < 4.78 is 10.4. The third-order valence-electron chi connectivity index (χ3n) is 6.02. The number of amides is 1. The van der Waals surface area contributed by atoms with E-state index in [4.69, 9.17) is 27.6 Å². The van der Waals surface area contributed by atoms with Crippen LogP contribution in [0, 0.1) is 13.8 Å². The maximum absolute atomic E-state index is 12.1. The lowest BCUT2D eigenvalue weighted by Crippen LogP contribution is -2.22. The molecule has 0 aliphatic rings. The maximum Gasteiger partial charge on any atom is 0.268 e. The van der Waals surface area contributed by atoms with E-state index in [-0.39, 0.29) is 16.9 Å². The number of nitrogens with one attached hydrogen (secondary N) is 1. The summed E-state index contributed by atoms with van der Waals surface area (Å²) in [6, 6.07) is 15.9. The Labute approximate surface area is 219 Å². The number of halogens is 1. The highest BCUT2D eigenvalue weighted by Crippen LogP contribution is 2.33. The van der Waals surface area contributed by atoms with Crippen molar-refractivity contribution in [3.8, 4) is 11.1 Å². The molecule has 188 valence electrons. The number of benzene rings is 2. The Hall–Kier alpha value is -3.27. The number of rotatable bonds is 10. The average Bonchev–Trinajstić information content (AvgIpc) is 3.36. The minimum atomic E-state index is -0.630. The molecule has 4 aromatic rings. The fourth-order valence-corrected chi connectivity index (χ4v) is 5.05. The number of primary amides is 1. The molecule has 2 aromatic carbocycles. The van der Waals surface area contributed by atoms with Gasteiger partial charge in [0, 0.05) is 17.0 Å². The van der Waals surface area contributed by atoms with Gasteiger partial charge in [0.25, 0.3) is 5.91 Å².